The Morgan fingerprint density at radius 2 is 2.17 bits per heavy atom. The lowest BCUT2D eigenvalue weighted by atomic mass is 9.74. The molecule has 0 aliphatic carbocycles. The maximum absolute atomic E-state index is 15.3. The van der Waals surface area contributed by atoms with Crippen LogP contribution in [0.4, 0.5) is 4.39 Å². The molecule has 2 atom stereocenters. The molecule has 0 aromatic carbocycles. The summed E-state index contributed by atoms with van der Waals surface area (Å²) >= 11 is 0. The predicted octanol–water partition coefficient (Wildman–Crippen LogP) is 2.54. The van der Waals surface area contributed by atoms with Crippen molar-refractivity contribution in [3.8, 4) is 17.3 Å². The van der Waals surface area contributed by atoms with Gasteiger partial charge in [0.05, 0.1) is 47.3 Å². The van der Waals surface area contributed by atoms with Crippen molar-refractivity contribution in [2.45, 2.75) is 36.2 Å². The summed E-state index contributed by atoms with van der Waals surface area (Å²) < 4.78 is 41.9. The van der Waals surface area contributed by atoms with E-state index in [0.717, 1.165) is 17.0 Å². The molecule has 4 aromatic heterocycles. The maximum atomic E-state index is 15.3. The number of sulfone groups is 1. The van der Waals surface area contributed by atoms with Crippen molar-refractivity contribution in [3.63, 3.8) is 0 Å². The Kier molecular flexibility index (Phi) is 5.82. The van der Waals surface area contributed by atoms with Gasteiger partial charge in [-0.1, -0.05) is 6.92 Å². The zero-order valence-corrected chi connectivity index (χ0v) is 19.8. The maximum Gasteiger partial charge on any atom is 0.195 e. The lowest BCUT2D eigenvalue weighted by Crippen LogP contribution is -2.41. The SMILES string of the molecule is CCS(=O)(=O)c1ccc(F)c([C@@]2([C@H](CC#N)n3cc(-c4ncnc5[nH]ccc45)cn3)CCNC2)n1. The van der Waals surface area contributed by atoms with Crippen LogP contribution in [0.2, 0.25) is 0 Å². The molecule has 10 nitrogen and oxygen atoms in total. The molecular weight excluding hydrogens is 471 g/mol. The molecule has 0 bridgehead atoms. The summed E-state index contributed by atoms with van der Waals surface area (Å²) in [5.74, 6) is -0.753. The third-order valence-corrected chi connectivity index (χ3v) is 8.27. The average Bonchev–Trinajstić information content (AvgIpc) is 3.63. The minimum Gasteiger partial charge on any atom is -0.346 e. The van der Waals surface area contributed by atoms with Crippen LogP contribution in [0, 0.1) is 17.1 Å². The number of nitrogens with one attached hydrogen (secondary N) is 2. The van der Waals surface area contributed by atoms with Crippen molar-refractivity contribution >= 4 is 20.9 Å². The van der Waals surface area contributed by atoms with Crippen LogP contribution in [0.5, 0.6) is 0 Å². The van der Waals surface area contributed by atoms with Crippen LogP contribution in [0.25, 0.3) is 22.3 Å². The van der Waals surface area contributed by atoms with Crippen molar-refractivity contribution < 1.29 is 12.8 Å². The number of halogens is 1. The summed E-state index contributed by atoms with van der Waals surface area (Å²) in [5, 5.41) is 18.1. The van der Waals surface area contributed by atoms with E-state index in [-0.39, 0.29) is 22.9 Å². The van der Waals surface area contributed by atoms with Crippen LogP contribution in [0.15, 0.2) is 48.1 Å². The number of hydrogen-bond acceptors (Lipinski definition) is 8. The Hall–Kier alpha value is -3.69. The Morgan fingerprint density at radius 3 is 2.91 bits per heavy atom. The Morgan fingerprint density at radius 1 is 1.31 bits per heavy atom. The minimum atomic E-state index is -3.65. The number of rotatable bonds is 7. The van der Waals surface area contributed by atoms with Crippen LogP contribution < -0.4 is 5.32 Å². The number of hydrogen-bond donors (Lipinski definition) is 2. The van der Waals surface area contributed by atoms with E-state index >= 15 is 4.39 Å². The average molecular weight is 495 g/mol. The van der Waals surface area contributed by atoms with Crippen LogP contribution in [0.3, 0.4) is 0 Å². The molecule has 180 valence electrons. The molecule has 0 spiro atoms. The third-order valence-electron chi connectivity index (χ3n) is 6.65. The van der Waals surface area contributed by atoms with Crippen molar-refractivity contribution in [1.29, 1.82) is 5.26 Å². The van der Waals surface area contributed by atoms with Gasteiger partial charge in [-0.25, -0.2) is 27.8 Å². The van der Waals surface area contributed by atoms with Crippen molar-refractivity contribution in [3.05, 3.63) is 54.6 Å². The molecule has 0 amide bonds. The van der Waals surface area contributed by atoms with E-state index in [2.05, 4.69) is 36.4 Å². The molecule has 4 aromatic rings. The Bertz CT molecular complexity index is 1530. The van der Waals surface area contributed by atoms with Crippen LogP contribution in [-0.2, 0) is 15.3 Å². The van der Waals surface area contributed by atoms with E-state index in [4.69, 9.17) is 0 Å². The summed E-state index contributed by atoms with van der Waals surface area (Å²) in [5.41, 5.74) is 1.14. The molecule has 1 aliphatic rings. The largest absolute Gasteiger partial charge is 0.346 e. The zero-order valence-electron chi connectivity index (χ0n) is 18.9. The molecule has 5 rings (SSSR count). The lowest BCUT2D eigenvalue weighted by molar-refractivity contribution is 0.256. The zero-order chi connectivity index (χ0) is 24.6. The van der Waals surface area contributed by atoms with Crippen LogP contribution >= 0.6 is 0 Å². The number of aromatic amines is 1. The van der Waals surface area contributed by atoms with Gasteiger partial charge in [0, 0.05) is 29.9 Å². The first kappa shape index (κ1) is 23.1. The fourth-order valence-corrected chi connectivity index (χ4v) is 5.61. The number of fused-ring (bicyclic) bond motifs is 1. The molecule has 1 aliphatic heterocycles. The summed E-state index contributed by atoms with van der Waals surface area (Å²) in [6.45, 7) is 2.41. The molecule has 1 fully saturated rings. The Labute approximate surface area is 201 Å². The predicted molar refractivity (Wildman–Crippen MR) is 125 cm³/mol. The number of pyridine rings is 1. The quantitative estimate of drug-likeness (QED) is 0.399. The van der Waals surface area contributed by atoms with Gasteiger partial charge < -0.3 is 10.3 Å². The van der Waals surface area contributed by atoms with Gasteiger partial charge >= 0.3 is 0 Å². The smallest absolute Gasteiger partial charge is 0.195 e. The first-order chi connectivity index (χ1) is 16.9. The molecule has 1 saturated heterocycles. The number of nitrogens with zero attached hydrogens (tertiary/aromatic N) is 6. The molecule has 0 saturated carbocycles. The minimum absolute atomic E-state index is 0.0258. The van der Waals surface area contributed by atoms with E-state index in [1.807, 2.05) is 6.07 Å². The van der Waals surface area contributed by atoms with Gasteiger partial charge in [-0.3, -0.25) is 4.68 Å². The van der Waals surface area contributed by atoms with Crippen molar-refractivity contribution in [2.24, 2.45) is 0 Å². The normalized spacial score (nSPS) is 19.1. The monoisotopic (exact) mass is 494 g/mol. The summed E-state index contributed by atoms with van der Waals surface area (Å²) in [4.78, 5) is 16.0. The molecule has 0 unspecified atom stereocenters. The first-order valence-electron chi connectivity index (χ1n) is 11.2. The molecule has 35 heavy (non-hydrogen) atoms. The van der Waals surface area contributed by atoms with Gasteiger partial charge in [-0.2, -0.15) is 10.4 Å². The van der Waals surface area contributed by atoms with Crippen molar-refractivity contribution in [2.75, 3.05) is 18.8 Å². The van der Waals surface area contributed by atoms with Gasteiger partial charge in [-0.05, 0) is 31.2 Å². The summed E-state index contributed by atoms with van der Waals surface area (Å²) in [6.07, 6.45) is 7.15. The van der Waals surface area contributed by atoms with Gasteiger partial charge in [0.15, 0.2) is 14.9 Å². The van der Waals surface area contributed by atoms with Crippen LogP contribution in [0.1, 0.15) is 31.5 Å². The highest BCUT2D eigenvalue weighted by molar-refractivity contribution is 7.91. The van der Waals surface area contributed by atoms with E-state index in [9.17, 15) is 13.7 Å². The molecule has 2 N–H and O–H groups in total. The molecular formula is C23H23FN8O2S. The number of H-pyrrole nitrogens is 1. The third kappa shape index (κ3) is 3.86. The van der Waals surface area contributed by atoms with E-state index in [0.29, 0.717) is 30.9 Å². The number of nitriles is 1. The van der Waals surface area contributed by atoms with Crippen molar-refractivity contribution in [1.82, 2.24) is 35.0 Å². The fraction of sp³-hybridized carbons (Fsp3) is 0.348. The molecule has 0 radical (unpaired) electrons. The second-order valence-corrected chi connectivity index (χ2v) is 10.7. The van der Waals surface area contributed by atoms with Crippen LogP contribution in [-0.4, -0.2) is 57.0 Å². The highest BCUT2D eigenvalue weighted by atomic mass is 32.2. The van der Waals surface area contributed by atoms with E-state index in [1.165, 1.54) is 19.3 Å². The molecule has 5 heterocycles. The highest BCUT2D eigenvalue weighted by Crippen LogP contribution is 2.43. The number of aromatic nitrogens is 6. The Balaban J connectivity index is 1.64. The second-order valence-electron chi connectivity index (χ2n) is 8.52. The highest BCUT2D eigenvalue weighted by Gasteiger charge is 2.47. The lowest BCUT2D eigenvalue weighted by Gasteiger charge is -2.36. The summed E-state index contributed by atoms with van der Waals surface area (Å²) in [6, 6.07) is 5.81. The van der Waals surface area contributed by atoms with Gasteiger partial charge in [0.25, 0.3) is 0 Å². The summed E-state index contributed by atoms with van der Waals surface area (Å²) in [7, 11) is -3.65. The first-order valence-corrected chi connectivity index (χ1v) is 12.8. The van der Waals surface area contributed by atoms with E-state index in [1.54, 1.807) is 23.3 Å². The fourth-order valence-electron chi connectivity index (χ4n) is 4.81. The van der Waals surface area contributed by atoms with E-state index < -0.39 is 27.1 Å². The van der Waals surface area contributed by atoms with Gasteiger partial charge in [0.2, 0.25) is 0 Å². The van der Waals surface area contributed by atoms with Gasteiger partial charge in [-0.15, -0.1) is 0 Å². The topological polar surface area (TPSA) is 142 Å². The standard InChI is InChI=1S/C23H23FN8O2S/c1-2-35(33,34)19-4-3-17(24)21(31-19)23(7-10-26-13-23)18(5-8-25)32-12-15(11-30-32)20-16-6-9-27-22(16)29-14-28-20/h3-4,6,9,11-12,14,18,26H,2,5,7,10,13H2,1H3,(H,27,28,29)/t18-,23-/m0/s1. The second kappa shape index (κ2) is 8.83. The molecule has 12 heteroatoms. The van der Waals surface area contributed by atoms with Gasteiger partial charge in [0.1, 0.15) is 17.8 Å².